The van der Waals surface area contributed by atoms with E-state index in [4.69, 9.17) is 16.3 Å². The van der Waals surface area contributed by atoms with Gasteiger partial charge in [-0.3, -0.25) is 14.5 Å². The van der Waals surface area contributed by atoms with Crippen molar-refractivity contribution in [3.63, 3.8) is 0 Å². The lowest BCUT2D eigenvalue weighted by Gasteiger charge is -2.31. The second-order valence-corrected chi connectivity index (χ2v) is 6.62. The summed E-state index contributed by atoms with van der Waals surface area (Å²) >= 11 is 9.26. The molecule has 1 heterocycles. The Kier molecular flexibility index (Phi) is 4.78. The zero-order chi connectivity index (χ0) is 17.3. The molecule has 2 aromatic rings. The molecule has 0 spiro atoms. The van der Waals surface area contributed by atoms with Crippen molar-refractivity contribution in [3.8, 4) is 5.75 Å². The Morgan fingerprint density at radius 3 is 2.83 bits per heavy atom. The van der Waals surface area contributed by atoms with Crippen LogP contribution in [0.5, 0.6) is 5.75 Å². The molecule has 3 rings (SSSR count). The van der Waals surface area contributed by atoms with Gasteiger partial charge in [0.05, 0.1) is 15.8 Å². The fourth-order valence-electron chi connectivity index (χ4n) is 2.46. The maximum absolute atomic E-state index is 12.8. The molecule has 0 saturated carbocycles. The van der Waals surface area contributed by atoms with Crippen molar-refractivity contribution < 1.29 is 14.3 Å². The molecule has 0 aromatic heterocycles. The fraction of sp³-hybridized carbons (Fsp3) is 0.176. The monoisotopic (exact) mass is 408 g/mol. The molecule has 2 amide bonds. The van der Waals surface area contributed by atoms with E-state index >= 15 is 0 Å². The van der Waals surface area contributed by atoms with Crippen LogP contribution in [0.1, 0.15) is 6.92 Å². The fourth-order valence-corrected chi connectivity index (χ4v) is 3.24. The summed E-state index contributed by atoms with van der Waals surface area (Å²) in [4.78, 5) is 26.0. The Hall–Kier alpha value is -2.05. The summed E-state index contributed by atoms with van der Waals surface area (Å²) in [5, 5.41) is 3.32. The zero-order valence-corrected chi connectivity index (χ0v) is 15.1. The number of benzene rings is 2. The topological polar surface area (TPSA) is 58.6 Å². The van der Waals surface area contributed by atoms with Gasteiger partial charge in [0.15, 0.2) is 6.10 Å². The molecule has 0 radical (unpaired) electrons. The first-order valence-electron chi connectivity index (χ1n) is 7.27. The van der Waals surface area contributed by atoms with Gasteiger partial charge in [-0.25, -0.2) is 0 Å². The summed E-state index contributed by atoms with van der Waals surface area (Å²) in [6.45, 7) is 1.61. The lowest BCUT2D eigenvalue weighted by atomic mass is 10.1. The van der Waals surface area contributed by atoms with Gasteiger partial charge in [-0.15, -0.1) is 0 Å². The number of amides is 2. The molecule has 24 heavy (non-hydrogen) atoms. The van der Waals surface area contributed by atoms with Crippen LogP contribution in [0, 0.1) is 0 Å². The van der Waals surface area contributed by atoms with Crippen molar-refractivity contribution in [1.29, 1.82) is 0 Å². The van der Waals surface area contributed by atoms with Gasteiger partial charge in [0.2, 0.25) is 5.91 Å². The lowest BCUT2D eigenvalue weighted by Crippen LogP contribution is -2.47. The second-order valence-electron chi connectivity index (χ2n) is 5.32. The number of ether oxygens (including phenoxy) is 1. The highest BCUT2D eigenvalue weighted by atomic mass is 79.9. The molecule has 124 valence electrons. The maximum Gasteiger partial charge on any atom is 0.268 e. The van der Waals surface area contributed by atoms with Crippen LogP contribution in [0.15, 0.2) is 46.9 Å². The van der Waals surface area contributed by atoms with E-state index in [9.17, 15) is 9.59 Å². The Morgan fingerprint density at radius 2 is 2.08 bits per heavy atom. The van der Waals surface area contributed by atoms with Crippen molar-refractivity contribution in [1.82, 2.24) is 0 Å². The number of para-hydroxylation sites is 2. The number of halogens is 2. The number of hydrogen-bond acceptors (Lipinski definition) is 3. The minimum absolute atomic E-state index is 0.0364. The molecule has 0 aliphatic carbocycles. The third-order valence-corrected chi connectivity index (χ3v) is 4.44. The maximum atomic E-state index is 12.8. The number of carbonyl (C=O) groups excluding carboxylic acids is 2. The van der Waals surface area contributed by atoms with Crippen LogP contribution in [0.3, 0.4) is 0 Å². The van der Waals surface area contributed by atoms with E-state index in [0.29, 0.717) is 26.6 Å². The minimum atomic E-state index is -0.763. The first-order valence-corrected chi connectivity index (χ1v) is 8.45. The van der Waals surface area contributed by atoms with E-state index in [1.807, 2.05) is 6.07 Å². The number of carbonyl (C=O) groups is 2. The average Bonchev–Trinajstić information content (AvgIpc) is 2.55. The predicted molar refractivity (Wildman–Crippen MR) is 96.7 cm³/mol. The molecule has 2 aromatic carbocycles. The van der Waals surface area contributed by atoms with Gasteiger partial charge in [-0.05, 0) is 53.2 Å². The highest BCUT2D eigenvalue weighted by molar-refractivity contribution is 9.10. The average molecular weight is 410 g/mol. The molecule has 1 aliphatic heterocycles. The van der Waals surface area contributed by atoms with Crippen molar-refractivity contribution in [2.24, 2.45) is 0 Å². The number of rotatable bonds is 3. The van der Waals surface area contributed by atoms with Crippen LogP contribution in [-0.4, -0.2) is 24.5 Å². The largest absolute Gasteiger partial charge is 0.480 e. The van der Waals surface area contributed by atoms with Crippen molar-refractivity contribution in [2.75, 3.05) is 16.8 Å². The number of fused-ring (bicyclic) bond motifs is 1. The van der Waals surface area contributed by atoms with Crippen LogP contribution in [0.25, 0.3) is 0 Å². The van der Waals surface area contributed by atoms with Gasteiger partial charge in [-0.2, -0.15) is 0 Å². The summed E-state index contributed by atoms with van der Waals surface area (Å²) < 4.78 is 6.40. The summed E-state index contributed by atoms with van der Waals surface area (Å²) in [6, 6.07) is 12.2. The molecule has 7 heteroatoms. The SMILES string of the molecule is C[C@@H](Oc1ccc(Cl)cc1Br)C(=O)N1CC(=O)Nc2ccccc21. The quantitative estimate of drug-likeness (QED) is 0.837. The number of nitrogens with one attached hydrogen (secondary N) is 1. The zero-order valence-electron chi connectivity index (χ0n) is 12.8. The standard InChI is InChI=1S/C17H14BrClN2O3/c1-10(24-15-7-6-11(19)8-12(15)18)17(23)21-9-16(22)20-13-4-2-3-5-14(13)21/h2-8,10H,9H2,1H3,(H,20,22)/t10-/m1/s1. The van der Waals surface area contributed by atoms with E-state index < -0.39 is 6.10 Å². The first-order chi connectivity index (χ1) is 11.5. The summed E-state index contributed by atoms with van der Waals surface area (Å²) in [6.07, 6.45) is -0.763. The van der Waals surface area contributed by atoms with Gasteiger partial charge < -0.3 is 10.1 Å². The molecular weight excluding hydrogens is 396 g/mol. The Bertz CT molecular complexity index is 812. The summed E-state index contributed by atoms with van der Waals surface area (Å²) in [5.74, 6) is -0.0175. The van der Waals surface area contributed by atoms with Gasteiger partial charge >= 0.3 is 0 Å². The smallest absolute Gasteiger partial charge is 0.268 e. The molecule has 0 saturated heterocycles. The van der Waals surface area contributed by atoms with Gasteiger partial charge in [-0.1, -0.05) is 23.7 Å². The van der Waals surface area contributed by atoms with Gasteiger partial charge in [0.1, 0.15) is 12.3 Å². The Balaban J connectivity index is 1.82. The van der Waals surface area contributed by atoms with Crippen LogP contribution in [0.2, 0.25) is 5.02 Å². The minimum Gasteiger partial charge on any atom is -0.480 e. The second kappa shape index (κ2) is 6.83. The highest BCUT2D eigenvalue weighted by Gasteiger charge is 2.30. The van der Waals surface area contributed by atoms with Crippen molar-refractivity contribution in [2.45, 2.75) is 13.0 Å². The Morgan fingerprint density at radius 1 is 1.33 bits per heavy atom. The molecule has 0 unspecified atom stereocenters. The highest BCUT2D eigenvalue weighted by Crippen LogP contribution is 2.31. The first kappa shape index (κ1) is 16.8. The van der Waals surface area contributed by atoms with E-state index in [1.54, 1.807) is 43.3 Å². The number of hydrogen-bond donors (Lipinski definition) is 1. The molecule has 1 N–H and O–H groups in total. The van der Waals surface area contributed by atoms with Gasteiger partial charge in [0, 0.05) is 5.02 Å². The van der Waals surface area contributed by atoms with Gasteiger partial charge in [0.25, 0.3) is 5.91 Å². The van der Waals surface area contributed by atoms with E-state index in [1.165, 1.54) is 4.90 Å². The third-order valence-electron chi connectivity index (χ3n) is 3.58. The normalized spacial score (nSPS) is 14.6. The summed E-state index contributed by atoms with van der Waals surface area (Å²) in [5.41, 5.74) is 1.27. The number of anilines is 2. The van der Waals surface area contributed by atoms with E-state index in [2.05, 4.69) is 21.2 Å². The Labute approximate surface area is 152 Å². The number of nitrogens with zero attached hydrogens (tertiary/aromatic N) is 1. The molecule has 0 fully saturated rings. The van der Waals surface area contributed by atoms with Crippen molar-refractivity contribution in [3.05, 3.63) is 52.0 Å². The van der Waals surface area contributed by atoms with E-state index in [-0.39, 0.29) is 18.4 Å². The lowest BCUT2D eigenvalue weighted by molar-refractivity contribution is -0.126. The van der Waals surface area contributed by atoms with Crippen molar-refractivity contribution >= 4 is 50.7 Å². The van der Waals surface area contributed by atoms with Crippen LogP contribution in [0.4, 0.5) is 11.4 Å². The molecule has 5 nitrogen and oxygen atoms in total. The predicted octanol–water partition coefficient (Wildman–Crippen LogP) is 3.86. The third kappa shape index (κ3) is 3.39. The molecule has 1 atom stereocenters. The summed E-state index contributed by atoms with van der Waals surface area (Å²) in [7, 11) is 0. The van der Waals surface area contributed by atoms with Crippen LogP contribution < -0.4 is 15.0 Å². The van der Waals surface area contributed by atoms with Crippen LogP contribution >= 0.6 is 27.5 Å². The molecular formula is C17H14BrClN2O3. The van der Waals surface area contributed by atoms with Crippen LogP contribution in [-0.2, 0) is 9.59 Å². The van der Waals surface area contributed by atoms with E-state index in [0.717, 1.165) is 0 Å². The molecule has 0 bridgehead atoms. The molecule has 1 aliphatic rings.